The number of hydrogen-bond acceptors (Lipinski definition) is 10. The van der Waals surface area contributed by atoms with Gasteiger partial charge in [-0.3, -0.25) is 4.79 Å². The van der Waals surface area contributed by atoms with Crippen LogP contribution in [0.3, 0.4) is 0 Å². The Kier molecular flexibility index (Phi) is 5.39. The third kappa shape index (κ3) is 4.18. The summed E-state index contributed by atoms with van der Waals surface area (Å²) in [6.07, 6.45) is 1.34. The van der Waals surface area contributed by atoms with Crippen molar-refractivity contribution < 1.29 is 9.21 Å². The summed E-state index contributed by atoms with van der Waals surface area (Å²) >= 11 is 3.99. The first-order chi connectivity index (χ1) is 14.7. The van der Waals surface area contributed by atoms with E-state index in [1.165, 1.54) is 16.5 Å². The second-order valence-electron chi connectivity index (χ2n) is 6.31. The molecule has 30 heavy (non-hydrogen) atoms. The van der Waals surface area contributed by atoms with Crippen LogP contribution in [0.15, 0.2) is 52.1 Å². The van der Waals surface area contributed by atoms with Gasteiger partial charge in [-0.2, -0.15) is 8.75 Å². The molecule has 11 heteroatoms. The van der Waals surface area contributed by atoms with Crippen LogP contribution >= 0.6 is 34.8 Å². The summed E-state index contributed by atoms with van der Waals surface area (Å²) in [5.41, 5.74) is 3.11. The molecule has 0 radical (unpaired) electrons. The Morgan fingerprint density at radius 2 is 1.93 bits per heavy atom. The number of anilines is 1. The van der Waals surface area contributed by atoms with Crippen molar-refractivity contribution in [1.29, 1.82) is 0 Å². The largest absolute Gasteiger partial charge is 0.416 e. The molecule has 0 bridgehead atoms. The molecule has 0 saturated heterocycles. The van der Waals surface area contributed by atoms with E-state index < -0.39 is 0 Å². The maximum Gasteiger partial charge on any atom is 0.277 e. The van der Waals surface area contributed by atoms with E-state index in [1.807, 2.05) is 30.3 Å². The quantitative estimate of drug-likeness (QED) is 0.365. The van der Waals surface area contributed by atoms with Gasteiger partial charge in [0.15, 0.2) is 0 Å². The Hall–Kier alpha value is -2.89. The molecule has 3 aromatic heterocycles. The average molecular weight is 455 g/mol. The van der Waals surface area contributed by atoms with Crippen molar-refractivity contribution in [3.63, 3.8) is 0 Å². The SMILES string of the molecule is O=C(CSc1nnc(CCc2nc3ccccc3s2)o1)Nc1cccc2nsnc12. The van der Waals surface area contributed by atoms with Gasteiger partial charge in [0.2, 0.25) is 11.8 Å². The molecule has 0 fully saturated rings. The summed E-state index contributed by atoms with van der Waals surface area (Å²) in [6, 6.07) is 13.6. The first-order valence-electron chi connectivity index (χ1n) is 9.05. The maximum absolute atomic E-state index is 12.3. The Labute approximate surface area is 183 Å². The monoisotopic (exact) mass is 454 g/mol. The molecular weight excluding hydrogens is 440 g/mol. The molecular formula is C19H14N6O2S3. The third-order valence-corrected chi connectivity index (χ3v) is 6.68. The molecule has 1 amide bonds. The predicted molar refractivity (Wildman–Crippen MR) is 118 cm³/mol. The lowest BCUT2D eigenvalue weighted by Gasteiger charge is -2.03. The first-order valence-corrected chi connectivity index (χ1v) is 11.6. The number of rotatable bonds is 7. The molecule has 0 aliphatic heterocycles. The predicted octanol–water partition coefficient (Wildman–Crippen LogP) is 4.20. The fraction of sp³-hybridized carbons (Fsp3) is 0.158. The molecule has 5 rings (SSSR count). The van der Waals surface area contributed by atoms with Crippen molar-refractivity contribution in [2.45, 2.75) is 18.1 Å². The van der Waals surface area contributed by atoms with Gasteiger partial charge in [0, 0.05) is 12.8 Å². The summed E-state index contributed by atoms with van der Waals surface area (Å²) in [6.45, 7) is 0. The average Bonchev–Trinajstić information content (AvgIpc) is 3.49. The normalized spacial score (nSPS) is 11.3. The molecule has 5 aromatic rings. The van der Waals surface area contributed by atoms with E-state index >= 15 is 0 Å². The van der Waals surface area contributed by atoms with Gasteiger partial charge in [-0.1, -0.05) is 30.0 Å². The van der Waals surface area contributed by atoms with Crippen LogP contribution in [0.25, 0.3) is 21.3 Å². The van der Waals surface area contributed by atoms with E-state index in [4.69, 9.17) is 4.42 Å². The lowest BCUT2D eigenvalue weighted by molar-refractivity contribution is -0.113. The highest BCUT2D eigenvalue weighted by Gasteiger charge is 2.13. The van der Waals surface area contributed by atoms with Gasteiger partial charge in [0.05, 0.1) is 38.4 Å². The number of nitrogens with zero attached hydrogens (tertiary/aromatic N) is 5. The van der Waals surface area contributed by atoms with Crippen molar-refractivity contribution in [2.75, 3.05) is 11.1 Å². The highest BCUT2D eigenvalue weighted by molar-refractivity contribution is 7.99. The Balaban J connectivity index is 1.15. The summed E-state index contributed by atoms with van der Waals surface area (Å²) in [7, 11) is 0. The number of carbonyl (C=O) groups is 1. The van der Waals surface area contributed by atoms with E-state index in [0.29, 0.717) is 28.7 Å². The fourth-order valence-corrected chi connectivity index (χ4v) is 4.96. The zero-order valence-electron chi connectivity index (χ0n) is 15.4. The van der Waals surface area contributed by atoms with Crippen LogP contribution in [0.4, 0.5) is 5.69 Å². The van der Waals surface area contributed by atoms with Gasteiger partial charge in [-0.05, 0) is 24.3 Å². The number of carbonyl (C=O) groups excluding carboxylic acids is 1. The molecule has 0 atom stereocenters. The molecule has 3 heterocycles. The number of amides is 1. The minimum absolute atomic E-state index is 0.160. The Bertz CT molecular complexity index is 1300. The van der Waals surface area contributed by atoms with E-state index in [-0.39, 0.29) is 11.7 Å². The Morgan fingerprint density at radius 1 is 1.03 bits per heavy atom. The number of thioether (sulfide) groups is 1. The molecule has 8 nitrogen and oxygen atoms in total. The first kappa shape index (κ1) is 19.1. The van der Waals surface area contributed by atoms with Crippen molar-refractivity contribution >= 4 is 67.7 Å². The molecule has 1 N–H and O–H groups in total. The van der Waals surface area contributed by atoms with Crippen LogP contribution in [0, 0.1) is 0 Å². The summed E-state index contributed by atoms with van der Waals surface area (Å²) in [4.78, 5) is 16.9. The summed E-state index contributed by atoms with van der Waals surface area (Å²) < 4.78 is 15.2. The molecule has 0 saturated carbocycles. The minimum Gasteiger partial charge on any atom is -0.416 e. The van der Waals surface area contributed by atoms with E-state index in [2.05, 4.69) is 35.3 Å². The van der Waals surface area contributed by atoms with Gasteiger partial charge >= 0.3 is 0 Å². The lowest BCUT2D eigenvalue weighted by atomic mass is 10.2. The van der Waals surface area contributed by atoms with Crippen LogP contribution in [0.2, 0.25) is 0 Å². The molecule has 0 unspecified atom stereocenters. The Morgan fingerprint density at radius 3 is 2.87 bits per heavy atom. The van der Waals surface area contributed by atoms with Gasteiger partial charge in [0.25, 0.3) is 5.22 Å². The van der Waals surface area contributed by atoms with Crippen LogP contribution in [0.5, 0.6) is 0 Å². The van der Waals surface area contributed by atoms with Crippen molar-refractivity contribution in [3.8, 4) is 0 Å². The van der Waals surface area contributed by atoms with E-state index in [9.17, 15) is 4.79 Å². The lowest BCUT2D eigenvalue weighted by Crippen LogP contribution is -2.14. The fourth-order valence-electron chi connectivity index (χ4n) is 2.86. The topological polar surface area (TPSA) is 107 Å². The third-order valence-electron chi connectivity index (χ3n) is 4.23. The van der Waals surface area contributed by atoms with Crippen molar-refractivity contribution in [3.05, 3.63) is 53.4 Å². The molecule has 150 valence electrons. The number of thiazole rings is 1. The van der Waals surface area contributed by atoms with Gasteiger partial charge in [-0.25, -0.2) is 4.98 Å². The summed E-state index contributed by atoms with van der Waals surface area (Å²) in [5, 5.41) is 12.4. The summed E-state index contributed by atoms with van der Waals surface area (Å²) in [5.74, 6) is 0.526. The minimum atomic E-state index is -0.172. The zero-order chi connectivity index (χ0) is 20.3. The number of aromatic nitrogens is 5. The number of benzene rings is 2. The smallest absolute Gasteiger partial charge is 0.277 e. The van der Waals surface area contributed by atoms with Crippen LogP contribution in [0.1, 0.15) is 10.9 Å². The van der Waals surface area contributed by atoms with E-state index in [1.54, 1.807) is 17.4 Å². The second kappa shape index (κ2) is 8.46. The highest BCUT2D eigenvalue weighted by Crippen LogP contribution is 2.24. The van der Waals surface area contributed by atoms with Crippen LogP contribution in [-0.2, 0) is 17.6 Å². The van der Waals surface area contributed by atoms with Crippen molar-refractivity contribution in [1.82, 2.24) is 23.9 Å². The number of nitrogens with one attached hydrogen (secondary N) is 1. The van der Waals surface area contributed by atoms with Crippen molar-refractivity contribution in [2.24, 2.45) is 0 Å². The molecule has 0 aliphatic rings. The number of para-hydroxylation sites is 1. The zero-order valence-corrected chi connectivity index (χ0v) is 17.9. The number of aryl methyl sites for hydroxylation is 2. The number of fused-ring (bicyclic) bond motifs is 2. The molecule has 0 aliphatic carbocycles. The standard InChI is InChI=1S/C19H14N6O2S3/c26-15(20-12-5-3-6-13-18(12)25-30-24-13)10-28-19-23-22-16(27-19)8-9-17-21-11-4-1-2-7-14(11)29-17/h1-7H,8-10H2,(H,20,26). The van der Waals surface area contributed by atoms with Crippen LogP contribution in [-0.4, -0.2) is 35.6 Å². The van der Waals surface area contributed by atoms with Crippen LogP contribution < -0.4 is 5.32 Å². The van der Waals surface area contributed by atoms with Gasteiger partial charge in [0.1, 0.15) is 11.0 Å². The molecule has 2 aromatic carbocycles. The number of hydrogen-bond donors (Lipinski definition) is 1. The van der Waals surface area contributed by atoms with E-state index in [0.717, 1.165) is 34.2 Å². The highest BCUT2D eigenvalue weighted by atomic mass is 32.2. The second-order valence-corrected chi connectivity index (χ2v) is 8.88. The van der Waals surface area contributed by atoms with Gasteiger partial charge < -0.3 is 9.73 Å². The van der Waals surface area contributed by atoms with Gasteiger partial charge in [-0.15, -0.1) is 21.5 Å². The maximum atomic E-state index is 12.3. The molecule has 0 spiro atoms.